The number of thiophene rings is 1. The first-order chi connectivity index (χ1) is 9.08. The van der Waals surface area contributed by atoms with Gasteiger partial charge in [-0.05, 0) is 30.7 Å². The topological polar surface area (TPSA) is 66.8 Å². The third kappa shape index (κ3) is 3.54. The van der Waals surface area contributed by atoms with Crippen molar-refractivity contribution in [1.29, 1.82) is 0 Å². The molecule has 2 rings (SSSR count). The smallest absolute Gasteiger partial charge is 0.332 e. The number of nitrogens with zero attached hydrogens (tertiary/aromatic N) is 1. The number of rotatable bonds is 5. The molecule has 1 fully saturated rings. The summed E-state index contributed by atoms with van der Waals surface area (Å²) in [5, 5.41) is 10.8. The molecule has 2 unspecified atom stereocenters. The molecule has 1 aromatic heterocycles. The minimum absolute atomic E-state index is 0.125. The Bertz CT molecular complexity index is 446. The van der Waals surface area contributed by atoms with Crippen LogP contribution in [0.15, 0.2) is 17.5 Å². The molecule has 0 aromatic carbocycles. The Labute approximate surface area is 115 Å². The molecule has 0 aliphatic carbocycles. The Morgan fingerprint density at radius 2 is 2.21 bits per heavy atom. The first kappa shape index (κ1) is 14.0. The van der Waals surface area contributed by atoms with Gasteiger partial charge < -0.3 is 14.7 Å². The number of carboxylic acid groups (broad SMARTS) is 1. The van der Waals surface area contributed by atoms with E-state index in [4.69, 9.17) is 9.84 Å². The summed E-state index contributed by atoms with van der Waals surface area (Å²) >= 11 is 1.67. The highest BCUT2D eigenvalue weighted by atomic mass is 32.1. The van der Waals surface area contributed by atoms with Gasteiger partial charge in [0.05, 0.1) is 0 Å². The van der Waals surface area contributed by atoms with Crippen LogP contribution in [0.2, 0.25) is 0 Å². The van der Waals surface area contributed by atoms with Crippen LogP contribution in [0, 0.1) is 0 Å². The van der Waals surface area contributed by atoms with Gasteiger partial charge in [-0.1, -0.05) is 6.07 Å². The van der Waals surface area contributed by atoms with E-state index >= 15 is 0 Å². The van der Waals surface area contributed by atoms with Crippen LogP contribution in [0.4, 0.5) is 0 Å². The molecule has 104 valence electrons. The zero-order valence-electron chi connectivity index (χ0n) is 10.7. The quantitative estimate of drug-likeness (QED) is 0.886. The maximum atomic E-state index is 12.1. The Balaban J connectivity index is 1.81. The number of carbonyl (C=O) groups is 2. The van der Waals surface area contributed by atoms with Gasteiger partial charge >= 0.3 is 5.97 Å². The molecular weight excluding hydrogens is 266 g/mol. The van der Waals surface area contributed by atoms with Crippen molar-refractivity contribution >= 4 is 23.2 Å². The average Bonchev–Trinajstić information content (AvgIpc) is 3.05. The summed E-state index contributed by atoms with van der Waals surface area (Å²) in [6, 6.07) is 4.02. The molecule has 1 aromatic rings. The van der Waals surface area contributed by atoms with E-state index < -0.39 is 18.2 Å². The summed E-state index contributed by atoms with van der Waals surface area (Å²) in [5.74, 6) is -1.11. The predicted octanol–water partition coefficient (Wildman–Crippen LogP) is 1.38. The van der Waals surface area contributed by atoms with E-state index in [1.807, 2.05) is 17.5 Å². The van der Waals surface area contributed by atoms with Gasteiger partial charge in [0, 0.05) is 18.5 Å². The lowest BCUT2D eigenvalue weighted by Crippen LogP contribution is -2.38. The maximum Gasteiger partial charge on any atom is 0.332 e. The standard InChI is InChI=1S/C13H17NO4S/c1-14(7-6-9-3-2-8-19-9)12(15)10-4-5-11(18-10)13(16)17/h2-3,8,10-11H,4-7H2,1H3,(H,16,17). The molecule has 0 radical (unpaired) electrons. The van der Waals surface area contributed by atoms with Crippen molar-refractivity contribution in [3.8, 4) is 0 Å². The van der Waals surface area contributed by atoms with E-state index in [0.717, 1.165) is 6.42 Å². The lowest BCUT2D eigenvalue weighted by atomic mass is 10.2. The second-order valence-corrected chi connectivity index (χ2v) is 5.65. The largest absolute Gasteiger partial charge is 0.479 e. The number of ether oxygens (including phenoxy) is 1. The van der Waals surface area contributed by atoms with E-state index in [-0.39, 0.29) is 5.91 Å². The summed E-state index contributed by atoms with van der Waals surface area (Å²) in [6.45, 7) is 0.622. The monoisotopic (exact) mass is 283 g/mol. The van der Waals surface area contributed by atoms with Crippen LogP contribution in [-0.2, 0) is 20.7 Å². The molecule has 1 aliphatic rings. The molecule has 2 heterocycles. The van der Waals surface area contributed by atoms with Gasteiger partial charge in [0.15, 0.2) is 6.10 Å². The van der Waals surface area contributed by atoms with Crippen molar-refractivity contribution in [2.75, 3.05) is 13.6 Å². The van der Waals surface area contributed by atoms with Crippen LogP contribution >= 0.6 is 11.3 Å². The van der Waals surface area contributed by atoms with Crippen molar-refractivity contribution in [1.82, 2.24) is 4.90 Å². The second kappa shape index (κ2) is 6.16. The average molecular weight is 283 g/mol. The van der Waals surface area contributed by atoms with E-state index in [1.165, 1.54) is 4.88 Å². The Morgan fingerprint density at radius 1 is 1.47 bits per heavy atom. The molecule has 0 spiro atoms. The summed E-state index contributed by atoms with van der Waals surface area (Å²) in [4.78, 5) is 25.7. The molecule has 0 saturated carbocycles. The van der Waals surface area contributed by atoms with Crippen LogP contribution < -0.4 is 0 Å². The van der Waals surface area contributed by atoms with Crippen molar-refractivity contribution in [2.24, 2.45) is 0 Å². The van der Waals surface area contributed by atoms with Crippen molar-refractivity contribution in [2.45, 2.75) is 31.5 Å². The van der Waals surface area contributed by atoms with Crippen LogP contribution in [-0.4, -0.2) is 47.7 Å². The van der Waals surface area contributed by atoms with Crippen LogP contribution in [0.1, 0.15) is 17.7 Å². The van der Waals surface area contributed by atoms with Gasteiger partial charge in [-0.25, -0.2) is 4.79 Å². The van der Waals surface area contributed by atoms with Crippen molar-refractivity contribution in [3.63, 3.8) is 0 Å². The minimum Gasteiger partial charge on any atom is -0.479 e. The second-order valence-electron chi connectivity index (χ2n) is 4.62. The Hall–Kier alpha value is -1.40. The fourth-order valence-electron chi connectivity index (χ4n) is 2.09. The van der Waals surface area contributed by atoms with Crippen molar-refractivity contribution in [3.05, 3.63) is 22.4 Å². The van der Waals surface area contributed by atoms with Gasteiger partial charge in [-0.2, -0.15) is 0 Å². The fourth-order valence-corrected chi connectivity index (χ4v) is 2.79. The number of carbonyl (C=O) groups excluding carboxylic acids is 1. The molecule has 5 nitrogen and oxygen atoms in total. The zero-order chi connectivity index (χ0) is 13.8. The number of hydrogen-bond acceptors (Lipinski definition) is 4. The molecule has 2 atom stereocenters. The highest BCUT2D eigenvalue weighted by Gasteiger charge is 2.35. The SMILES string of the molecule is CN(CCc1cccs1)C(=O)C1CCC(C(=O)O)O1. The number of carboxylic acids is 1. The van der Waals surface area contributed by atoms with E-state index in [9.17, 15) is 9.59 Å². The molecular formula is C13H17NO4S. The van der Waals surface area contributed by atoms with Crippen LogP contribution in [0.5, 0.6) is 0 Å². The first-order valence-electron chi connectivity index (χ1n) is 6.23. The third-order valence-corrected chi connectivity index (χ3v) is 4.16. The number of amides is 1. The third-order valence-electron chi connectivity index (χ3n) is 3.22. The van der Waals surface area contributed by atoms with Crippen LogP contribution in [0.3, 0.4) is 0 Å². The highest BCUT2D eigenvalue weighted by molar-refractivity contribution is 7.09. The lowest BCUT2D eigenvalue weighted by molar-refractivity contribution is -0.154. The Morgan fingerprint density at radius 3 is 2.79 bits per heavy atom. The molecule has 1 aliphatic heterocycles. The van der Waals surface area contributed by atoms with E-state index in [0.29, 0.717) is 19.4 Å². The highest BCUT2D eigenvalue weighted by Crippen LogP contribution is 2.21. The van der Waals surface area contributed by atoms with Crippen LogP contribution in [0.25, 0.3) is 0 Å². The maximum absolute atomic E-state index is 12.1. The normalized spacial score (nSPS) is 22.4. The van der Waals surface area contributed by atoms with E-state index in [1.54, 1.807) is 23.3 Å². The zero-order valence-corrected chi connectivity index (χ0v) is 11.6. The van der Waals surface area contributed by atoms with Crippen molar-refractivity contribution < 1.29 is 19.4 Å². The van der Waals surface area contributed by atoms with Gasteiger partial charge in [0.25, 0.3) is 5.91 Å². The number of hydrogen-bond donors (Lipinski definition) is 1. The molecule has 0 bridgehead atoms. The molecule has 1 amide bonds. The minimum atomic E-state index is -0.989. The Kier molecular flexibility index (Phi) is 4.55. The number of likely N-dealkylation sites (N-methyl/N-ethyl adjacent to an activating group) is 1. The number of aliphatic carboxylic acids is 1. The van der Waals surface area contributed by atoms with Gasteiger partial charge in [0.1, 0.15) is 6.10 Å². The first-order valence-corrected chi connectivity index (χ1v) is 7.11. The summed E-state index contributed by atoms with van der Waals surface area (Å²) in [6.07, 6.45) is 0.271. The molecule has 19 heavy (non-hydrogen) atoms. The summed E-state index contributed by atoms with van der Waals surface area (Å²) in [7, 11) is 1.73. The molecule has 1 N–H and O–H groups in total. The predicted molar refractivity (Wildman–Crippen MR) is 71.2 cm³/mol. The molecule has 1 saturated heterocycles. The summed E-state index contributed by atoms with van der Waals surface area (Å²) in [5.41, 5.74) is 0. The fraction of sp³-hybridized carbons (Fsp3) is 0.538. The van der Waals surface area contributed by atoms with Gasteiger partial charge in [-0.15, -0.1) is 11.3 Å². The summed E-state index contributed by atoms with van der Waals surface area (Å²) < 4.78 is 5.25. The van der Waals surface area contributed by atoms with Gasteiger partial charge in [0.2, 0.25) is 0 Å². The van der Waals surface area contributed by atoms with E-state index in [2.05, 4.69) is 0 Å². The molecule has 6 heteroatoms. The lowest BCUT2D eigenvalue weighted by Gasteiger charge is -2.20. The van der Waals surface area contributed by atoms with Gasteiger partial charge in [-0.3, -0.25) is 4.79 Å².